The summed E-state index contributed by atoms with van der Waals surface area (Å²) >= 11 is 0. The highest BCUT2D eigenvalue weighted by atomic mass is 16.5. The van der Waals surface area contributed by atoms with Crippen molar-refractivity contribution in [1.29, 1.82) is 0 Å². The van der Waals surface area contributed by atoms with E-state index in [4.69, 9.17) is 4.74 Å². The van der Waals surface area contributed by atoms with Gasteiger partial charge in [0.15, 0.2) is 0 Å². The van der Waals surface area contributed by atoms with Crippen LogP contribution in [0, 0.1) is 0 Å². The zero-order chi connectivity index (χ0) is 12.4. The molecule has 2 aromatic heterocycles. The van der Waals surface area contributed by atoms with Crippen molar-refractivity contribution in [3.63, 3.8) is 0 Å². The summed E-state index contributed by atoms with van der Waals surface area (Å²) in [5, 5.41) is 0. The second kappa shape index (κ2) is 4.98. The third-order valence-corrected chi connectivity index (χ3v) is 3.66. The van der Waals surface area contributed by atoms with Crippen molar-refractivity contribution >= 4 is 5.52 Å². The van der Waals surface area contributed by atoms with Crippen LogP contribution in [0.2, 0.25) is 0 Å². The van der Waals surface area contributed by atoms with Crippen LogP contribution in [0.3, 0.4) is 0 Å². The maximum absolute atomic E-state index is 5.27. The first kappa shape index (κ1) is 11.5. The highest BCUT2D eigenvalue weighted by Crippen LogP contribution is 2.15. The van der Waals surface area contributed by atoms with Crippen LogP contribution in [0.1, 0.15) is 18.7 Å². The van der Waals surface area contributed by atoms with E-state index in [0.717, 1.165) is 30.1 Å². The Morgan fingerprint density at radius 1 is 1.28 bits per heavy atom. The summed E-state index contributed by atoms with van der Waals surface area (Å²) in [5.41, 5.74) is 1.13. The minimum atomic E-state index is 0.878. The van der Waals surface area contributed by atoms with Gasteiger partial charge in [-0.2, -0.15) is 0 Å². The monoisotopic (exact) mass is 245 g/mol. The van der Waals surface area contributed by atoms with Crippen molar-refractivity contribution in [1.82, 2.24) is 14.3 Å². The molecule has 1 saturated heterocycles. The fraction of sp³-hybridized carbons (Fsp3) is 0.500. The molecule has 18 heavy (non-hydrogen) atoms. The number of methoxy groups -OCH3 is 1. The van der Waals surface area contributed by atoms with E-state index in [2.05, 4.69) is 14.3 Å². The largest absolute Gasteiger partial charge is 0.495 e. The summed E-state index contributed by atoms with van der Waals surface area (Å²) in [6.07, 6.45) is 7.63. The second-order valence-corrected chi connectivity index (χ2v) is 4.84. The topological polar surface area (TPSA) is 29.8 Å². The molecule has 0 saturated carbocycles. The van der Waals surface area contributed by atoms with E-state index >= 15 is 0 Å². The molecule has 1 aliphatic heterocycles. The Hall–Kier alpha value is -1.55. The van der Waals surface area contributed by atoms with Crippen LogP contribution in [-0.4, -0.2) is 41.0 Å². The standard InChI is InChI=1S/C14H19N3O/c1-18-13-5-4-12-10-15-14(17(12)11-13)6-9-16-7-2-3-8-16/h4-5,10-11H,2-3,6-9H2,1H3. The van der Waals surface area contributed by atoms with Gasteiger partial charge in [-0.1, -0.05) is 0 Å². The summed E-state index contributed by atoms with van der Waals surface area (Å²) < 4.78 is 7.40. The molecule has 0 bridgehead atoms. The number of hydrogen-bond donors (Lipinski definition) is 0. The fourth-order valence-electron chi connectivity index (χ4n) is 2.59. The van der Waals surface area contributed by atoms with Crippen LogP contribution in [-0.2, 0) is 6.42 Å². The Morgan fingerprint density at radius 3 is 2.89 bits per heavy atom. The number of likely N-dealkylation sites (tertiary alicyclic amines) is 1. The van der Waals surface area contributed by atoms with Gasteiger partial charge in [-0.15, -0.1) is 0 Å². The van der Waals surface area contributed by atoms with Gasteiger partial charge in [0.25, 0.3) is 0 Å². The number of rotatable bonds is 4. The van der Waals surface area contributed by atoms with Gasteiger partial charge in [0.2, 0.25) is 0 Å². The van der Waals surface area contributed by atoms with E-state index in [0.29, 0.717) is 0 Å². The third kappa shape index (κ3) is 2.20. The van der Waals surface area contributed by atoms with Crippen molar-refractivity contribution in [2.75, 3.05) is 26.7 Å². The minimum Gasteiger partial charge on any atom is -0.495 e. The molecule has 2 aromatic rings. The molecule has 96 valence electrons. The van der Waals surface area contributed by atoms with Gasteiger partial charge in [0, 0.05) is 13.0 Å². The lowest BCUT2D eigenvalue weighted by atomic mass is 10.3. The lowest BCUT2D eigenvalue weighted by molar-refractivity contribution is 0.340. The first-order valence-corrected chi connectivity index (χ1v) is 6.59. The van der Waals surface area contributed by atoms with E-state index in [1.54, 1.807) is 7.11 Å². The lowest BCUT2D eigenvalue weighted by Gasteiger charge is -2.13. The van der Waals surface area contributed by atoms with E-state index in [1.165, 1.54) is 25.9 Å². The molecule has 0 N–H and O–H groups in total. The molecule has 4 nitrogen and oxygen atoms in total. The van der Waals surface area contributed by atoms with E-state index in [9.17, 15) is 0 Å². The highest BCUT2D eigenvalue weighted by molar-refractivity contribution is 5.48. The maximum atomic E-state index is 5.27. The first-order valence-electron chi connectivity index (χ1n) is 6.59. The summed E-state index contributed by atoms with van der Waals surface area (Å²) in [4.78, 5) is 7.03. The van der Waals surface area contributed by atoms with Gasteiger partial charge in [-0.05, 0) is 38.1 Å². The van der Waals surface area contributed by atoms with Gasteiger partial charge >= 0.3 is 0 Å². The zero-order valence-corrected chi connectivity index (χ0v) is 10.8. The number of aromatic nitrogens is 2. The van der Waals surface area contributed by atoms with Crippen LogP contribution < -0.4 is 4.74 Å². The van der Waals surface area contributed by atoms with Gasteiger partial charge < -0.3 is 9.64 Å². The quantitative estimate of drug-likeness (QED) is 0.825. The Bertz CT molecular complexity index is 529. The van der Waals surface area contributed by atoms with Gasteiger partial charge in [-0.3, -0.25) is 4.40 Å². The van der Waals surface area contributed by atoms with Crippen LogP contribution in [0.25, 0.3) is 5.52 Å². The number of ether oxygens (including phenoxy) is 1. The second-order valence-electron chi connectivity index (χ2n) is 4.84. The molecule has 0 spiro atoms. The van der Waals surface area contributed by atoms with E-state index in [-0.39, 0.29) is 0 Å². The summed E-state index contributed by atoms with van der Waals surface area (Å²) in [7, 11) is 1.70. The molecule has 0 aliphatic carbocycles. The van der Waals surface area contributed by atoms with Gasteiger partial charge in [-0.25, -0.2) is 4.98 Å². The summed E-state index contributed by atoms with van der Waals surface area (Å²) in [6, 6.07) is 4.02. The SMILES string of the molecule is COc1ccc2cnc(CCN3CCCC3)n2c1. The predicted octanol–water partition coefficient (Wildman–Crippen LogP) is 1.98. The Morgan fingerprint density at radius 2 is 2.11 bits per heavy atom. The molecule has 0 radical (unpaired) electrons. The normalized spacial score (nSPS) is 16.5. The number of nitrogens with zero attached hydrogens (tertiary/aromatic N) is 3. The molecule has 1 fully saturated rings. The Balaban J connectivity index is 1.78. The molecule has 3 rings (SSSR count). The molecule has 4 heteroatoms. The molecule has 0 amide bonds. The van der Waals surface area contributed by atoms with Gasteiger partial charge in [0.05, 0.1) is 25.0 Å². The molecular weight excluding hydrogens is 226 g/mol. The van der Waals surface area contributed by atoms with E-state index in [1.807, 2.05) is 24.5 Å². The lowest BCUT2D eigenvalue weighted by Crippen LogP contribution is -2.22. The van der Waals surface area contributed by atoms with Crippen molar-refractivity contribution < 1.29 is 4.74 Å². The highest BCUT2D eigenvalue weighted by Gasteiger charge is 2.12. The average Bonchev–Trinajstić information content (AvgIpc) is 3.05. The molecular formula is C14H19N3O. The summed E-state index contributed by atoms with van der Waals surface area (Å²) in [6.45, 7) is 3.59. The number of hydrogen-bond acceptors (Lipinski definition) is 3. The minimum absolute atomic E-state index is 0.878. The van der Waals surface area contributed by atoms with Crippen LogP contribution in [0.4, 0.5) is 0 Å². The fourth-order valence-corrected chi connectivity index (χ4v) is 2.59. The van der Waals surface area contributed by atoms with Gasteiger partial charge in [0.1, 0.15) is 11.6 Å². The van der Waals surface area contributed by atoms with Crippen molar-refractivity contribution in [3.8, 4) is 5.75 Å². The van der Waals surface area contributed by atoms with Crippen LogP contribution in [0.15, 0.2) is 24.5 Å². The Labute approximate surface area is 107 Å². The number of fused-ring (bicyclic) bond motifs is 1. The van der Waals surface area contributed by atoms with Crippen LogP contribution >= 0.6 is 0 Å². The third-order valence-electron chi connectivity index (χ3n) is 3.66. The molecule has 1 aliphatic rings. The van der Waals surface area contributed by atoms with Crippen molar-refractivity contribution in [3.05, 3.63) is 30.4 Å². The van der Waals surface area contributed by atoms with E-state index < -0.39 is 0 Å². The predicted molar refractivity (Wildman–Crippen MR) is 71.1 cm³/mol. The van der Waals surface area contributed by atoms with Crippen molar-refractivity contribution in [2.24, 2.45) is 0 Å². The average molecular weight is 245 g/mol. The summed E-state index contributed by atoms with van der Waals surface area (Å²) in [5.74, 6) is 2.00. The Kier molecular flexibility index (Phi) is 3.19. The molecule has 3 heterocycles. The molecule has 0 unspecified atom stereocenters. The number of imidazole rings is 1. The maximum Gasteiger partial charge on any atom is 0.135 e. The molecule has 0 aromatic carbocycles. The zero-order valence-electron chi connectivity index (χ0n) is 10.8. The van der Waals surface area contributed by atoms with Crippen LogP contribution in [0.5, 0.6) is 5.75 Å². The smallest absolute Gasteiger partial charge is 0.135 e. The first-order chi connectivity index (χ1) is 8.86. The van der Waals surface area contributed by atoms with Crippen molar-refractivity contribution in [2.45, 2.75) is 19.3 Å². The molecule has 0 atom stereocenters. The number of pyridine rings is 1.